The van der Waals surface area contributed by atoms with E-state index in [-0.39, 0.29) is 16.5 Å². The fraction of sp³-hybridized carbons (Fsp3) is 0.150. The van der Waals surface area contributed by atoms with E-state index < -0.39 is 20.9 Å². The quantitative estimate of drug-likeness (QED) is 0.544. The molecular weight excluding hydrogens is 449 g/mol. The second kappa shape index (κ2) is 8.99. The van der Waals surface area contributed by atoms with E-state index in [2.05, 4.69) is 15.3 Å². The van der Waals surface area contributed by atoms with Gasteiger partial charge in [0.05, 0.1) is 29.1 Å². The van der Waals surface area contributed by atoms with Crippen LogP contribution in [0.15, 0.2) is 53.8 Å². The van der Waals surface area contributed by atoms with Gasteiger partial charge in [0.1, 0.15) is 5.75 Å². The fourth-order valence-corrected chi connectivity index (χ4v) is 4.38. The van der Waals surface area contributed by atoms with Gasteiger partial charge in [-0.15, -0.1) is 0 Å². The first-order valence-electron chi connectivity index (χ1n) is 8.66. The van der Waals surface area contributed by atoms with Crippen molar-refractivity contribution in [3.63, 3.8) is 0 Å². The SMILES string of the molecule is COc1ccc(NC(=O)c2nc(S(=O)(=O)Cc3ccccc3C)ncc2Cl)cc1Cl. The number of carbonyl (C=O) groups excluding carboxylic acids is 1. The predicted octanol–water partition coefficient (Wildman–Crippen LogP) is 4.33. The molecule has 1 aromatic heterocycles. The number of amides is 1. The second-order valence-corrected chi connectivity index (χ2v) is 9.04. The van der Waals surface area contributed by atoms with E-state index in [1.807, 2.05) is 19.1 Å². The Hall–Kier alpha value is -2.68. The normalized spacial score (nSPS) is 11.2. The lowest BCUT2D eigenvalue weighted by atomic mass is 10.1. The number of nitrogens with zero attached hydrogens (tertiary/aromatic N) is 2. The smallest absolute Gasteiger partial charge is 0.275 e. The van der Waals surface area contributed by atoms with E-state index in [4.69, 9.17) is 27.9 Å². The molecule has 0 fully saturated rings. The second-order valence-electron chi connectivity index (χ2n) is 6.34. The lowest BCUT2D eigenvalue weighted by Gasteiger charge is -2.10. The number of hydrogen-bond acceptors (Lipinski definition) is 6. The first-order chi connectivity index (χ1) is 14.2. The van der Waals surface area contributed by atoms with E-state index in [1.54, 1.807) is 24.3 Å². The Morgan fingerprint density at radius 1 is 1.13 bits per heavy atom. The van der Waals surface area contributed by atoms with Crippen LogP contribution in [0.4, 0.5) is 5.69 Å². The van der Waals surface area contributed by atoms with Crippen molar-refractivity contribution >= 4 is 44.6 Å². The molecule has 0 saturated heterocycles. The monoisotopic (exact) mass is 465 g/mol. The van der Waals surface area contributed by atoms with Crippen molar-refractivity contribution in [1.82, 2.24) is 9.97 Å². The van der Waals surface area contributed by atoms with Crippen LogP contribution in [-0.4, -0.2) is 31.4 Å². The summed E-state index contributed by atoms with van der Waals surface area (Å²) >= 11 is 12.1. The maximum absolute atomic E-state index is 12.8. The van der Waals surface area contributed by atoms with Gasteiger partial charge in [-0.25, -0.2) is 18.4 Å². The van der Waals surface area contributed by atoms with Crippen molar-refractivity contribution in [2.75, 3.05) is 12.4 Å². The average Bonchev–Trinajstić information content (AvgIpc) is 2.70. The zero-order chi connectivity index (χ0) is 21.9. The van der Waals surface area contributed by atoms with Gasteiger partial charge in [-0.2, -0.15) is 0 Å². The molecule has 0 aliphatic heterocycles. The Labute approximate surface area is 184 Å². The number of benzene rings is 2. The molecule has 10 heteroatoms. The van der Waals surface area contributed by atoms with Gasteiger partial charge in [0, 0.05) is 5.69 Å². The minimum absolute atomic E-state index is 0.0815. The van der Waals surface area contributed by atoms with Crippen LogP contribution in [0.5, 0.6) is 5.75 Å². The van der Waals surface area contributed by atoms with Crippen LogP contribution in [-0.2, 0) is 15.6 Å². The number of methoxy groups -OCH3 is 1. The summed E-state index contributed by atoms with van der Waals surface area (Å²) < 4.78 is 30.6. The zero-order valence-corrected chi connectivity index (χ0v) is 18.3. The Morgan fingerprint density at radius 3 is 2.53 bits per heavy atom. The molecule has 0 aliphatic rings. The zero-order valence-electron chi connectivity index (χ0n) is 16.0. The van der Waals surface area contributed by atoms with Crippen molar-refractivity contribution in [2.24, 2.45) is 0 Å². The predicted molar refractivity (Wildman–Crippen MR) is 115 cm³/mol. The Bertz CT molecular complexity index is 1220. The third-order valence-corrected chi connectivity index (χ3v) is 6.25. The van der Waals surface area contributed by atoms with Gasteiger partial charge < -0.3 is 10.1 Å². The lowest BCUT2D eigenvalue weighted by molar-refractivity contribution is 0.102. The van der Waals surface area contributed by atoms with E-state index in [0.717, 1.165) is 11.8 Å². The number of rotatable bonds is 6. The van der Waals surface area contributed by atoms with Crippen molar-refractivity contribution in [2.45, 2.75) is 17.8 Å². The van der Waals surface area contributed by atoms with E-state index in [0.29, 0.717) is 22.0 Å². The van der Waals surface area contributed by atoms with E-state index >= 15 is 0 Å². The highest BCUT2D eigenvalue weighted by atomic mass is 35.5. The van der Waals surface area contributed by atoms with Crippen LogP contribution in [0.1, 0.15) is 21.6 Å². The van der Waals surface area contributed by atoms with Crippen molar-refractivity contribution in [3.8, 4) is 5.75 Å². The summed E-state index contributed by atoms with van der Waals surface area (Å²) in [4.78, 5) is 20.4. The van der Waals surface area contributed by atoms with Crippen LogP contribution in [0.3, 0.4) is 0 Å². The molecule has 0 aliphatic carbocycles. The summed E-state index contributed by atoms with van der Waals surface area (Å²) in [5.74, 6) is -0.550. The minimum Gasteiger partial charge on any atom is -0.495 e. The summed E-state index contributed by atoms with van der Waals surface area (Å²) in [6, 6.07) is 11.7. The molecule has 1 N–H and O–H groups in total. The number of carbonyl (C=O) groups is 1. The summed E-state index contributed by atoms with van der Waals surface area (Å²) in [7, 11) is -2.42. The highest BCUT2D eigenvalue weighted by Crippen LogP contribution is 2.28. The average molecular weight is 466 g/mol. The molecule has 3 rings (SSSR count). The number of aryl methyl sites for hydroxylation is 1. The van der Waals surface area contributed by atoms with Gasteiger partial charge in [0.2, 0.25) is 15.0 Å². The van der Waals surface area contributed by atoms with Crippen molar-refractivity contribution < 1.29 is 17.9 Å². The highest BCUT2D eigenvalue weighted by Gasteiger charge is 2.23. The highest BCUT2D eigenvalue weighted by molar-refractivity contribution is 7.90. The Kier molecular flexibility index (Phi) is 6.60. The topological polar surface area (TPSA) is 98.2 Å². The van der Waals surface area contributed by atoms with Gasteiger partial charge in [-0.05, 0) is 36.2 Å². The molecule has 156 valence electrons. The molecule has 0 saturated carbocycles. The number of ether oxygens (including phenoxy) is 1. The molecule has 2 aromatic carbocycles. The minimum atomic E-state index is -3.90. The largest absolute Gasteiger partial charge is 0.495 e. The van der Waals surface area contributed by atoms with E-state index in [1.165, 1.54) is 13.2 Å². The summed E-state index contributed by atoms with van der Waals surface area (Å²) in [5.41, 5.74) is 1.55. The maximum Gasteiger partial charge on any atom is 0.275 e. The first-order valence-corrected chi connectivity index (χ1v) is 11.1. The van der Waals surface area contributed by atoms with Crippen molar-refractivity contribution in [1.29, 1.82) is 0 Å². The van der Waals surface area contributed by atoms with Gasteiger partial charge in [0.25, 0.3) is 5.91 Å². The van der Waals surface area contributed by atoms with Crippen LogP contribution >= 0.6 is 23.2 Å². The summed E-state index contributed by atoms with van der Waals surface area (Å²) in [6.07, 6.45) is 1.09. The number of sulfone groups is 1. The molecule has 0 unspecified atom stereocenters. The number of halogens is 2. The van der Waals surface area contributed by atoms with Gasteiger partial charge >= 0.3 is 0 Å². The number of aromatic nitrogens is 2. The lowest BCUT2D eigenvalue weighted by Crippen LogP contribution is -2.18. The molecule has 7 nitrogen and oxygen atoms in total. The van der Waals surface area contributed by atoms with Crippen LogP contribution < -0.4 is 10.1 Å². The molecule has 0 radical (unpaired) electrons. The molecule has 1 amide bonds. The molecule has 30 heavy (non-hydrogen) atoms. The number of nitrogens with one attached hydrogen (secondary N) is 1. The third kappa shape index (κ3) is 4.89. The maximum atomic E-state index is 12.8. The molecule has 0 bridgehead atoms. The fourth-order valence-electron chi connectivity index (χ4n) is 2.64. The van der Waals surface area contributed by atoms with Crippen LogP contribution in [0.2, 0.25) is 10.0 Å². The van der Waals surface area contributed by atoms with E-state index in [9.17, 15) is 13.2 Å². The summed E-state index contributed by atoms with van der Waals surface area (Å²) in [6.45, 7) is 1.81. The Balaban J connectivity index is 1.88. The standard InChI is InChI=1S/C20H17Cl2N3O4S/c1-12-5-3-4-6-13(12)11-30(27,28)20-23-10-16(22)18(25-20)19(26)24-14-7-8-17(29-2)15(21)9-14/h3-10H,11H2,1-2H3,(H,24,26). The third-order valence-electron chi connectivity index (χ3n) is 4.23. The van der Waals surface area contributed by atoms with Gasteiger partial charge in [-0.3, -0.25) is 4.79 Å². The first kappa shape index (κ1) is 22.0. The molecule has 0 spiro atoms. The molecule has 1 heterocycles. The van der Waals surface area contributed by atoms with Crippen molar-refractivity contribution in [3.05, 3.63) is 75.5 Å². The molecule has 0 atom stereocenters. The van der Waals surface area contributed by atoms with Gasteiger partial charge in [-0.1, -0.05) is 47.5 Å². The molecule has 3 aromatic rings. The summed E-state index contributed by atoms with van der Waals surface area (Å²) in [5, 5.41) is 2.32. The number of anilines is 1. The molecular formula is C20H17Cl2N3O4S. The van der Waals surface area contributed by atoms with Crippen LogP contribution in [0.25, 0.3) is 0 Å². The number of hydrogen-bond donors (Lipinski definition) is 1. The van der Waals surface area contributed by atoms with Crippen LogP contribution in [0, 0.1) is 6.92 Å². The Morgan fingerprint density at radius 2 is 1.87 bits per heavy atom. The van der Waals surface area contributed by atoms with Gasteiger partial charge in [0.15, 0.2) is 5.69 Å².